The van der Waals surface area contributed by atoms with Gasteiger partial charge >= 0.3 is 7.12 Å². The molecule has 68 heavy (non-hydrogen) atoms. The monoisotopic (exact) mass is 932 g/mol. The zero-order chi connectivity index (χ0) is 46.1. The maximum atomic E-state index is 12.9. The second kappa shape index (κ2) is 17.2. The summed E-state index contributed by atoms with van der Waals surface area (Å²) in [7, 11) is -1.39. The van der Waals surface area contributed by atoms with Crippen LogP contribution >= 0.6 is 11.6 Å². The van der Waals surface area contributed by atoms with Crippen LogP contribution in [0.2, 0.25) is 5.15 Å². The summed E-state index contributed by atoms with van der Waals surface area (Å²) in [5, 5.41) is 24.9. The summed E-state index contributed by atoms with van der Waals surface area (Å²) in [4.78, 5) is 46.1. The fourth-order valence-electron chi connectivity index (χ4n) is 11.1. The van der Waals surface area contributed by atoms with E-state index in [4.69, 9.17) is 36.1 Å². The normalized spacial score (nSPS) is 19.6. The largest absolute Gasteiger partial charge is 0.488 e. The number of ether oxygens (including phenoxy) is 2. The molecule has 6 aromatic rings. The zero-order valence-electron chi connectivity index (χ0n) is 37.9. The van der Waals surface area contributed by atoms with E-state index in [1.165, 1.54) is 27.9 Å². The highest BCUT2D eigenvalue weighted by molar-refractivity contribution is 6.58. The van der Waals surface area contributed by atoms with Crippen molar-refractivity contribution >= 4 is 47.4 Å². The predicted octanol–water partition coefficient (Wildman–Crippen LogP) is 5.35. The number of morpholine rings is 2. The molecule has 2 saturated heterocycles. The molecule has 4 aliphatic carbocycles. The van der Waals surface area contributed by atoms with Gasteiger partial charge in [0.2, 0.25) is 0 Å². The van der Waals surface area contributed by atoms with E-state index in [0.717, 1.165) is 179 Å². The molecular formula is C52H54BClN8O6. The number of benzene rings is 2. The number of halogens is 1. The van der Waals surface area contributed by atoms with E-state index in [-0.39, 0.29) is 22.9 Å². The number of pyridine rings is 2. The lowest BCUT2D eigenvalue weighted by Gasteiger charge is -2.28. The van der Waals surface area contributed by atoms with E-state index in [1.54, 1.807) is 12.1 Å². The van der Waals surface area contributed by atoms with Crippen molar-refractivity contribution in [3.8, 4) is 33.8 Å². The second-order valence-corrected chi connectivity index (χ2v) is 20.0. The summed E-state index contributed by atoms with van der Waals surface area (Å²) < 4.78 is 10.7. The van der Waals surface area contributed by atoms with Crippen LogP contribution < -0.4 is 25.9 Å². The summed E-state index contributed by atoms with van der Waals surface area (Å²) >= 11 is 6.05. The van der Waals surface area contributed by atoms with Gasteiger partial charge in [0.1, 0.15) is 5.15 Å². The minimum absolute atomic E-state index is 0.0198. The number of fused-ring (bicyclic) bond motifs is 10. The second-order valence-electron chi connectivity index (χ2n) is 19.6. The zero-order valence-corrected chi connectivity index (χ0v) is 38.7. The SMILES string of the molecule is O=C1NC2(CC2)Cc2[nH]c3c(c21)CCc1cnc(-c2ccc(N4CCOCC4)cc2)cc1-3.O=C1NC2(CC2)Cc2[nH]c3c(c21)CCc1cnc(Cl)cc1-3.OB(O)c1ccc(N2CCOCC2)cc1. The lowest BCUT2D eigenvalue weighted by atomic mass is 9.80. The van der Waals surface area contributed by atoms with Gasteiger partial charge < -0.3 is 49.9 Å². The number of hydrogen-bond donors (Lipinski definition) is 6. The molecule has 0 radical (unpaired) electrons. The molecular weight excluding hydrogens is 879 g/mol. The third kappa shape index (κ3) is 8.17. The Bertz CT molecular complexity index is 2930. The number of nitrogens with one attached hydrogen (secondary N) is 4. The van der Waals surface area contributed by atoms with Crippen molar-refractivity contribution in [1.82, 2.24) is 30.6 Å². The summed E-state index contributed by atoms with van der Waals surface area (Å²) in [5.74, 6) is 0.201. The first-order valence-corrected chi connectivity index (χ1v) is 24.5. The number of amides is 2. The first kappa shape index (κ1) is 43.3. The summed E-state index contributed by atoms with van der Waals surface area (Å²) in [6.07, 6.45) is 13.7. The van der Waals surface area contributed by atoms with E-state index in [2.05, 4.69) is 65.7 Å². The van der Waals surface area contributed by atoms with Crippen LogP contribution in [0.3, 0.4) is 0 Å². The summed E-state index contributed by atoms with van der Waals surface area (Å²) in [5.41, 5.74) is 18.3. The van der Waals surface area contributed by atoms with Gasteiger partial charge in [-0.15, -0.1) is 0 Å². The van der Waals surface area contributed by atoms with Crippen LogP contribution in [0.5, 0.6) is 0 Å². The van der Waals surface area contributed by atoms with Crippen molar-refractivity contribution in [2.75, 3.05) is 62.4 Å². The Morgan fingerprint density at radius 2 is 1.09 bits per heavy atom. The third-order valence-corrected chi connectivity index (χ3v) is 15.4. The minimum atomic E-state index is -1.39. The molecule has 6 N–H and O–H groups in total. The lowest BCUT2D eigenvalue weighted by molar-refractivity contribution is 0.0908. The van der Waals surface area contributed by atoms with Crippen molar-refractivity contribution in [2.24, 2.45) is 0 Å². The molecule has 8 heterocycles. The van der Waals surface area contributed by atoms with Crippen LogP contribution in [-0.4, -0.2) is 113 Å². The average Bonchev–Trinajstić information content (AvgIpc) is 4.21. The molecule has 4 fully saturated rings. The number of H-pyrrole nitrogens is 2. The molecule has 4 aliphatic heterocycles. The van der Waals surface area contributed by atoms with E-state index < -0.39 is 7.12 Å². The van der Waals surface area contributed by atoms with Crippen LogP contribution in [0.25, 0.3) is 33.8 Å². The number of aromatic nitrogens is 4. The van der Waals surface area contributed by atoms with Crippen LogP contribution in [0.15, 0.2) is 73.1 Å². The van der Waals surface area contributed by atoms with Gasteiger partial charge in [0.15, 0.2) is 0 Å². The quantitative estimate of drug-likeness (QED) is 0.0998. The Hall–Kier alpha value is -5.97. The van der Waals surface area contributed by atoms with Gasteiger partial charge in [-0.1, -0.05) is 35.9 Å². The third-order valence-electron chi connectivity index (χ3n) is 15.2. The number of anilines is 2. The van der Waals surface area contributed by atoms with Gasteiger partial charge in [-0.3, -0.25) is 14.6 Å². The highest BCUT2D eigenvalue weighted by Gasteiger charge is 2.50. The van der Waals surface area contributed by atoms with Crippen molar-refractivity contribution < 1.29 is 29.1 Å². The van der Waals surface area contributed by atoms with Gasteiger partial charge in [-0.2, -0.15) is 0 Å². The van der Waals surface area contributed by atoms with E-state index in [0.29, 0.717) is 10.6 Å². The molecule has 2 amide bonds. The number of carbonyl (C=O) groups excluding carboxylic acids is 2. The van der Waals surface area contributed by atoms with E-state index in [1.807, 2.05) is 30.6 Å². The molecule has 4 aromatic heterocycles. The highest BCUT2D eigenvalue weighted by Crippen LogP contribution is 2.47. The van der Waals surface area contributed by atoms with Gasteiger partial charge in [0, 0.05) is 102 Å². The average molecular weight is 933 g/mol. The van der Waals surface area contributed by atoms with Gasteiger partial charge in [0.25, 0.3) is 11.8 Å². The first-order valence-electron chi connectivity index (χ1n) is 24.1. The Balaban J connectivity index is 0.000000115. The van der Waals surface area contributed by atoms with E-state index >= 15 is 0 Å². The lowest BCUT2D eigenvalue weighted by Crippen LogP contribution is -2.43. The number of aromatic amines is 2. The molecule has 16 heteroatoms. The standard InChI is InChI=1S/C26H26N4O2.C16H14ClN3O.C10H14BNO3/c31-25-23-19-6-3-17-15-27-21(16-1-4-18(5-2-16)30-9-11-32-12-10-30)13-20(17)24(19)28-22(23)14-26(29-25)7-8-26;17-12-5-10-8(7-18-12)1-2-9-13-11(19-14(9)10)6-16(3-4-16)20-15(13)21;13-11(14)9-1-3-10(4-2-9)12-5-7-15-8-6-12/h1-2,4-5,13,15,28H,3,6-12,14H2,(H,29,31);5,7,19H,1-4,6H2,(H,20,21);1-4,13-14H,5-8H2. The summed E-state index contributed by atoms with van der Waals surface area (Å²) in [6.45, 7) is 6.74. The molecule has 2 aromatic carbocycles. The van der Waals surface area contributed by atoms with Crippen molar-refractivity contribution in [2.45, 2.75) is 75.3 Å². The topological polar surface area (TPSA) is 181 Å². The number of aryl methyl sites for hydroxylation is 2. The van der Waals surface area contributed by atoms with Gasteiger partial charge in [-0.25, -0.2) is 4.98 Å². The maximum Gasteiger partial charge on any atom is 0.488 e. The number of nitrogens with zero attached hydrogens (tertiary/aromatic N) is 4. The van der Waals surface area contributed by atoms with Gasteiger partial charge in [0.05, 0.1) is 54.6 Å². The Morgan fingerprint density at radius 3 is 1.57 bits per heavy atom. The van der Waals surface area contributed by atoms with Crippen LogP contribution in [0, 0.1) is 0 Å². The maximum absolute atomic E-state index is 12.9. The first-order chi connectivity index (χ1) is 33.1. The van der Waals surface area contributed by atoms with E-state index in [9.17, 15) is 9.59 Å². The van der Waals surface area contributed by atoms with Crippen LogP contribution in [-0.2, 0) is 48.0 Å². The van der Waals surface area contributed by atoms with Crippen molar-refractivity contribution in [3.05, 3.63) is 123 Å². The Kier molecular flexibility index (Phi) is 11.0. The van der Waals surface area contributed by atoms with Crippen LogP contribution in [0.4, 0.5) is 11.4 Å². The molecule has 8 aliphatic rings. The van der Waals surface area contributed by atoms with Crippen molar-refractivity contribution in [1.29, 1.82) is 0 Å². The fourth-order valence-corrected chi connectivity index (χ4v) is 11.2. The van der Waals surface area contributed by atoms with Gasteiger partial charge in [-0.05, 0) is 115 Å². The predicted molar refractivity (Wildman–Crippen MR) is 262 cm³/mol. The summed E-state index contributed by atoms with van der Waals surface area (Å²) in [6, 6.07) is 20.1. The number of carbonyl (C=O) groups is 2. The molecule has 2 spiro atoms. The highest BCUT2D eigenvalue weighted by atomic mass is 35.5. The molecule has 0 unspecified atom stereocenters. The molecule has 14 rings (SSSR count). The smallest absolute Gasteiger partial charge is 0.423 e. The molecule has 0 bridgehead atoms. The Morgan fingerprint density at radius 1 is 0.618 bits per heavy atom. The van der Waals surface area contributed by atoms with Crippen LogP contribution in [0.1, 0.15) is 80.0 Å². The van der Waals surface area contributed by atoms with Crippen molar-refractivity contribution in [3.63, 3.8) is 0 Å². The number of hydrogen-bond acceptors (Lipinski definition) is 10. The molecule has 348 valence electrons. The molecule has 0 atom stereocenters. The number of rotatable bonds is 4. The minimum Gasteiger partial charge on any atom is -0.423 e. The Labute approximate surface area is 400 Å². The molecule has 14 nitrogen and oxygen atoms in total. The molecule has 2 saturated carbocycles. The fraction of sp³-hybridized carbons (Fsp3) is 0.385.